The second-order valence-electron chi connectivity index (χ2n) is 2.09. The van der Waals surface area contributed by atoms with Crippen molar-refractivity contribution in [1.82, 2.24) is 10.5 Å². The lowest BCUT2D eigenvalue weighted by Gasteiger charge is -2.03. The van der Waals surface area contributed by atoms with Gasteiger partial charge in [0, 0.05) is 6.54 Å². The number of aromatic nitrogens is 1. The highest BCUT2D eigenvalue weighted by atomic mass is 16.5. The van der Waals surface area contributed by atoms with Crippen LogP contribution < -0.4 is 5.32 Å². The fourth-order valence-corrected chi connectivity index (χ4v) is 0.934. The van der Waals surface area contributed by atoms with E-state index in [0.717, 1.165) is 18.7 Å². The SMILES string of the molecule is [c]1nocc1C1NCCO1. The van der Waals surface area contributed by atoms with Gasteiger partial charge in [-0.3, -0.25) is 5.32 Å². The van der Waals surface area contributed by atoms with Gasteiger partial charge < -0.3 is 9.26 Å². The highest BCUT2D eigenvalue weighted by molar-refractivity contribution is 5.03. The van der Waals surface area contributed by atoms with E-state index >= 15 is 0 Å². The summed E-state index contributed by atoms with van der Waals surface area (Å²) in [7, 11) is 0. The number of hydrogen-bond acceptors (Lipinski definition) is 4. The Balaban J connectivity index is 2.12. The first-order valence-corrected chi connectivity index (χ1v) is 3.14. The van der Waals surface area contributed by atoms with Crippen LogP contribution in [0.25, 0.3) is 0 Å². The summed E-state index contributed by atoms with van der Waals surface area (Å²) in [4.78, 5) is 0. The van der Waals surface area contributed by atoms with Crippen LogP contribution in [0.3, 0.4) is 0 Å². The largest absolute Gasteiger partial charge is 0.364 e. The Labute approximate surface area is 58.1 Å². The molecule has 1 aliphatic heterocycles. The molecule has 1 fully saturated rings. The molecule has 1 aromatic heterocycles. The second kappa shape index (κ2) is 2.40. The van der Waals surface area contributed by atoms with Crippen LogP contribution in [-0.2, 0) is 4.74 Å². The fraction of sp³-hybridized carbons (Fsp3) is 0.500. The molecule has 53 valence electrons. The number of rotatable bonds is 1. The lowest BCUT2D eigenvalue weighted by molar-refractivity contribution is 0.101. The Bertz CT molecular complexity index is 192. The molecule has 1 saturated heterocycles. The van der Waals surface area contributed by atoms with Crippen LogP contribution in [0.2, 0.25) is 0 Å². The Hall–Kier alpha value is -0.870. The van der Waals surface area contributed by atoms with E-state index in [2.05, 4.69) is 21.2 Å². The summed E-state index contributed by atoms with van der Waals surface area (Å²) in [5, 5.41) is 6.55. The maximum Gasteiger partial charge on any atom is 0.143 e. The molecule has 2 rings (SSSR count). The molecule has 4 nitrogen and oxygen atoms in total. The summed E-state index contributed by atoms with van der Waals surface area (Å²) in [6.07, 6.45) is 4.14. The van der Waals surface area contributed by atoms with Crippen LogP contribution >= 0.6 is 0 Å². The quantitative estimate of drug-likeness (QED) is 0.599. The van der Waals surface area contributed by atoms with Gasteiger partial charge in [0.05, 0.1) is 12.2 Å². The highest BCUT2D eigenvalue weighted by Crippen LogP contribution is 2.15. The van der Waals surface area contributed by atoms with Crippen LogP contribution in [0.4, 0.5) is 0 Å². The summed E-state index contributed by atoms with van der Waals surface area (Å²) in [5.74, 6) is 0. The monoisotopic (exact) mass is 139 g/mol. The summed E-state index contributed by atoms with van der Waals surface area (Å²) < 4.78 is 9.86. The summed E-state index contributed by atoms with van der Waals surface area (Å²) in [6, 6.07) is 0. The van der Waals surface area contributed by atoms with Gasteiger partial charge in [-0.05, 0) is 0 Å². The van der Waals surface area contributed by atoms with Crippen molar-refractivity contribution in [3.8, 4) is 0 Å². The summed E-state index contributed by atoms with van der Waals surface area (Å²) in [5.41, 5.74) is 0.831. The van der Waals surface area contributed by atoms with Crippen molar-refractivity contribution in [2.75, 3.05) is 13.2 Å². The molecule has 1 atom stereocenters. The van der Waals surface area contributed by atoms with Crippen molar-refractivity contribution >= 4 is 0 Å². The van der Waals surface area contributed by atoms with Crippen LogP contribution in [0.5, 0.6) is 0 Å². The molecule has 2 heterocycles. The van der Waals surface area contributed by atoms with E-state index in [4.69, 9.17) is 4.74 Å². The van der Waals surface area contributed by atoms with Crippen LogP contribution in [-0.4, -0.2) is 18.3 Å². The zero-order valence-corrected chi connectivity index (χ0v) is 5.33. The molecule has 0 saturated carbocycles. The van der Waals surface area contributed by atoms with Gasteiger partial charge in [0.25, 0.3) is 0 Å². The first-order chi connectivity index (χ1) is 4.97. The minimum atomic E-state index is -0.0637. The Morgan fingerprint density at radius 2 is 2.80 bits per heavy atom. The van der Waals surface area contributed by atoms with Crippen molar-refractivity contribution in [3.63, 3.8) is 0 Å². The first-order valence-electron chi connectivity index (χ1n) is 3.14. The number of nitrogens with one attached hydrogen (secondary N) is 1. The van der Waals surface area contributed by atoms with Gasteiger partial charge >= 0.3 is 0 Å². The predicted molar refractivity (Wildman–Crippen MR) is 32.0 cm³/mol. The molecule has 0 spiro atoms. The van der Waals surface area contributed by atoms with Crippen molar-refractivity contribution in [1.29, 1.82) is 0 Å². The average molecular weight is 139 g/mol. The molecule has 4 heteroatoms. The zero-order valence-electron chi connectivity index (χ0n) is 5.33. The third-order valence-corrected chi connectivity index (χ3v) is 1.41. The normalized spacial score (nSPS) is 25.4. The molecule has 0 amide bonds. The lowest BCUT2D eigenvalue weighted by atomic mass is 10.3. The summed E-state index contributed by atoms with van der Waals surface area (Å²) >= 11 is 0. The minimum Gasteiger partial charge on any atom is -0.364 e. The van der Waals surface area contributed by atoms with Crippen molar-refractivity contribution in [3.05, 3.63) is 18.0 Å². The Morgan fingerprint density at radius 1 is 1.80 bits per heavy atom. The molecule has 0 aliphatic carbocycles. The summed E-state index contributed by atoms with van der Waals surface area (Å²) in [6.45, 7) is 1.62. The molecule has 1 N–H and O–H groups in total. The van der Waals surface area contributed by atoms with Crippen molar-refractivity contribution in [2.24, 2.45) is 0 Å². The van der Waals surface area contributed by atoms with Gasteiger partial charge in [-0.2, -0.15) is 0 Å². The lowest BCUT2D eigenvalue weighted by Crippen LogP contribution is -2.12. The molecule has 0 bridgehead atoms. The zero-order chi connectivity index (χ0) is 6.81. The molecular weight excluding hydrogens is 132 g/mol. The molecule has 1 aliphatic rings. The van der Waals surface area contributed by atoms with E-state index in [-0.39, 0.29) is 6.23 Å². The smallest absolute Gasteiger partial charge is 0.143 e. The van der Waals surface area contributed by atoms with Gasteiger partial charge in [-0.15, -0.1) is 0 Å². The maximum absolute atomic E-state index is 5.25. The topological polar surface area (TPSA) is 47.3 Å². The Kier molecular flexibility index (Phi) is 1.41. The van der Waals surface area contributed by atoms with E-state index in [1.165, 1.54) is 6.26 Å². The third kappa shape index (κ3) is 0.913. The molecule has 1 aromatic rings. The van der Waals surface area contributed by atoms with Crippen LogP contribution in [0, 0.1) is 6.20 Å². The highest BCUT2D eigenvalue weighted by Gasteiger charge is 2.17. The fourth-order valence-electron chi connectivity index (χ4n) is 0.934. The molecular formula is C6H7N2O2. The van der Waals surface area contributed by atoms with Gasteiger partial charge in [0.15, 0.2) is 0 Å². The van der Waals surface area contributed by atoms with Gasteiger partial charge in [-0.25, -0.2) is 0 Å². The molecule has 1 radical (unpaired) electrons. The van der Waals surface area contributed by atoms with Gasteiger partial charge in [-0.1, -0.05) is 5.16 Å². The number of nitrogens with zero attached hydrogens (tertiary/aromatic N) is 1. The second-order valence-corrected chi connectivity index (χ2v) is 2.09. The molecule has 0 aromatic carbocycles. The molecule has 1 unspecified atom stereocenters. The number of hydrogen-bond donors (Lipinski definition) is 1. The predicted octanol–water partition coefficient (Wildman–Crippen LogP) is 0.0932. The van der Waals surface area contributed by atoms with E-state index in [1.54, 1.807) is 0 Å². The third-order valence-electron chi connectivity index (χ3n) is 1.41. The van der Waals surface area contributed by atoms with Crippen LogP contribution in [0.1, 0.15) is 11.8 Å². The van der Waals surface area contributed by atoms with Crippen molar-refractivity contribution < 1.29 is 9.26 Å². The van der Waals surface area contributed by atoms with E-state index in [9.17, 15) is 0 Å². The minimum absolute atomic E-state index is 0.0637. The van der Waals surface area contributed by atoms with Crippen molar-refractivity contribution in [2.45, 2.75) is 6.23 Å². The van der Waals surface area contributed by atoms with Gasteiger partial charge in [0.2, 0.25) is 0 Å². The standard InChI is InChI=1S/C6H7N2O2/c1-2-9-6(7-1)5-3-8-10-4-5/h4,6-7H,1-2H2. The number of ether oxygens (including phenoxy) is 1. The average Bonchev–Trinajstić information content (AvgIpc) is 2.59. The van der Waals surface area contributed by atoms with E-state index < -0.39 is 0 Å². The van der Waals surface area contributed by atoms with Gasteiger partial charge in [0.1, 0.15) is 18.7 Å². The maximum atomic E-state index is 5.25. The van der Waals surface area contributed by atoms with E-state index in [0.29, 0.717) is 0 Å². The van der Waals surface area contributed by atoms with E-state index in [1.807, 2.05) is 0 Å². The molecule has 10 heavy (non-hydrogen) atoms. The first kappa shape index (κ1) is 5.88. The van der Waals surface area contributed by atoms with Crippen LogP contribution in [0.15, 0.2) is 10.8 Å². The Morgan fingerprint density at radius 3 is 3.40 bits per heavy atom.